The van der Waals surface area contributed by atoms with Crippen LogP contribution in [-0.2, 0) is 6.18 Å². The third kappa shape index (κ3) is 4.35. The van der Waals surface area contributed by atoms with E-state index in [-0.39, 0.29) is 37.0 Å². The number of nitrogens with zero attached hydrogens (tertiary/aromatic N) is 4. The molecule has 0 fully saturated rings. The largest absolute Gasteiger partial charge is 0.491 e. The number of imidazole rings is 1. The maximum atomic E-state index is 13.3. The average Bonchev–Trinajstić information content (AvgIpc) is 3.17. The fourth-order valence-corrected chi connectivity index (χ4v) is 3.86. The first-order chi connectivity index (χ1) is 15.6. The Bertz CT molecular complexity index is 1270. The Morgan fingerprint density at radius 3 is 2.61 bits per heavy atom. The Morgan fingerprint density at radius 1 is 1.18 bits per heavy atom. The molecule has 1 amide bonds. The summed E-state index contributed by atoms with van der Waals surface area (Å²) in [6.07, 6.45) is -1.56. The van der Waals surface area contributed by atoms with Crippen LogP contribution in [0.5, 0.6) is 5.75 Å². The Morgan fingerprint density at radius 2 is 1.94 bits per heavy atom. The van der Waals surface area contributed by atoms with Crippen molar-refractivity contribution in [2.75, 3.05) is 19.7 Å². The molecule has 2 aromatic heterocycles. The van der Waals surface area contributed by atoms with Crippen molar-refractivity contribution in [3.8, 4) is 11.4 Å². The van der Waals surface area contributed by atoms with Crippen LogP contribution in [0.15, 0.2) is 47.7 Å². The fourth-order valence-electron chi connectivity index (χ4n) is 3.86. The Kier molecular flexibility index (Phi) is 5.73. The molecule has 0 spiro atoms. The van der Waals surface area contributed by atoms with Crippen LogP contribution in [0.1, 0.15) is 34.7 Å². The van der Waals surface area contributed by atoms with Gasteiger partial charge < -0.3 is 14.2 Å². The molecule has 1 aliphatic rings. The first-order valence-corrected chi connectivity index (χ1v) is 10.1. The first kappa shape index (κ1) is 22.6. The van der Waals surface area contributed by atoms with E-state index in [1.54, 1.807) is 30.7 Å². The van der Waals surface area contributed by atoms with Gasteiger partial charge in [-0.1, -0.05) is 0 Å². The topological polar surface area (TPSA) is 69.4 Å². The molecule has 0 N–H and O–H groups in total. The van der Waals surface area contributed by atoms with E-state index in [1.807, 2.05) is 0 Å². The van der Waals surface area contributed by atoms with E-state index in [2.05, 4.69) is 4.98 Å². The van der Waals surface area contributed by atoms with Crippen LogP contribution >= 0.6 is 0 Å². The standard InChI is InChI=1S/C22H20F4N4O3/c1-13-10-29(12-27-13)17-4-5-18-20(31)28(11-14(2)30(18)21(17)32)7-8-33-19-6-3-15(23)9-16(19)22(24,25)26/h3-6,9-10,12,14H,7-8,11H2,1-2H3. The summed E-state index contributed by atoms with van der Waals surface area (Å²) in [6, 6.07) is 4.86. The number of hydrogen-bond donors (Lipinski definition) is 0. The van der Waals surface area contributed by atoms with Crippen molar-refractivity contribution in [1.82, 2.24) is 19.0 Å². The van der Waals surface area contributed by atoms with Gasteiger partial charge in [-0.25, -0.2) is 9.37 Å². The molecule has 0 saturated heterocycles. The van der Waals surface area contributed by atoms with Gasteiger partial charge in [0.2, 0.25) is 0 Å². The third-order valence-electron chi connectivity index (χ3n) is 5.38. The molecular formula is C22H20F4N4O3. The maximum Gasteiger partial charge on any atom is 0.420 e. The highest BCUT2D eigenvalue weighted by Gasteiger charge is 2.35. The number of alkyl halides is 3. The first-order valence-electron chi connectivity index (χ1n) is 10.1. The number of rotatable bonds is 5. The van der Waals surface area contributed by atoms with E-state index in [0.29, 0.717) is 11.8 Å². The van der Waals surface area contributed by atoms with Gasteiger partial charge in [0.05, 0.1) is 24.6 Å². The van der Waals surface area contributed by atoms with Gasteiger partial charge in [0.1, 0.15) is 35.1 Å². The molecule has 174 valence electrons. The van der Waals surface area contributed by atoms with Crippen molar-refractivity contribution in [2.24, 2.45) is 0 Å². The van der Waals surface area contributed by atoms with E-state index in [4.69, 9.17) is 4.74 Å². The second-order valence-corrected chi connectivity index (χ2v) is 7.79. The molecule has 11 heteroatoms. The Hall–Kier alpha value is -3.63. The predicted molar refractivity (Wildman–Crippen MR) is 110 cm³/mol. The van der Waals surface area contributed by atoms with E-state index in [0.717, 1.165) is 17.8 Å². The number of aromatic nitrogens is 3. The lowest BCUT2D eigenvalue weighted by Gasteiger charge is -2.34. The SMILES string of the molecule is Cc1cn(-c2ccc3n(c2=O)C(C)CN(CCOc2ccc(F)cc2C(F)(F)F)C3=O)cn1. The summed E-state index contributed by atoms with van der Waals surface area (Å²) < 4.78 is 60.9. The molecule has 0 saturated carbocycles. The number of amides is 1. The zero-order chi connectivity index (χ0) is 23.9. The molecule has 0 radical (unpaired) electrons. The molecule has 7 nitrogen and oxygen atoms in total. The fraction of sp³-hybridized carbons (Fsp3) is 0.318. The van der Waals surface area contributed by atoms with Gasteiger partial charge in [0.25, 0.3) is 11.5 Å². The molecule has 33 heavy (non-hydrogen) atoms. The summed E-state index contributed by atoms with van der Waals surface area (Å²) in [6.45, 7) is 3.51. The van der Waals surface area contributed by atoms with E-state index in [9.17, 15) is 27.2 Å². The van der Waals surface area contributed by atoms with Crippen molar-refractivity contribution in [2.45, 2.75) is 26.1 Å². The van der Waals surface area contributed by atoms with Gasteiger partial charge in [-0.05, 0) is 44.2 Å². The molecule has 1 aliphatic heterocycles. The minimum absolute atomic E-state index is 0.00545. The molecular weight excluding hydrogens is 444 g/mol. The smallest absolute Gasteiger partial charge is 0.420 e. The highest BCUT2D eigenvalue weighted by Crippen LogP contribution is 2.36. The molecule has 0 bridgehead atoms. The number of carbonyl (C=O) groups is 1. The van der Waals surface area contributed by atoms with Crippen molar-refractivity contribution >= 4 is 5.91 Å². The monoisotopic (exact) mass is 464 g/mol. The normalized spacial score (nSPS) is 16.1. The maximum absolute atomic E-state index is 13.3. The summed E-state index contributed by atoms with van der Waals surface area (Å²) in [5.41, 5.74) is -0.297. The van der Waals surface area contributed by atoms with E-state index >= 15 is 0 Å². The minimum Gasteiger partial charge on any atom is -0.491 e. The number of benzene rings is 1. The lowest BCUT2D eigenvalue weighted by atomic mass is 10.1. The highest BCUT2D eigenvalue weighted by atomic mass is 19.4. The molecule has 3 heterocycles. The quantitative estimate of drug-likeness (QED) is 0.542. The van der Waals surface area contributed by atoms with Gasteiger partial charge in [-0.3, -0.25) is 14.2 Å². The van der Waals surface area contributed by atoms with Crippen LogP contribution in [0.25, 0.3) is 5.69 Å². The second kappa shape index (κ2) is 8.38. The van der Waals surface area contributed by atoms with Crippen molar-refractivity contribution < 1.29 is 27.1 Å². The number of fused-ring (bicyclic) bond motifs is 1. The van der Waals surface area contributed by atoms with Gasteiger partial charge in [0.15, 0.2) is 0 Å². The molecule has 1 unspecified atom stereocenters. The van der Waals surface area contributed by atoms with Crippen LogP contribution < -0.4 is 10.3 Å². The zero-order valence-corrected chi connectivity index (χ0v) is 17.8. The number of aryl methyl sites for hydroxylation is 1. The lowest BCUT2D eigenvalue weighted by Crippen LogP contribution is -2.48. The molecule has 3 aromatic rings. The number of pyridine rings is 1. The van der Waals surface area contributed by atoms with Crippen LogP contribution in [0.4, 0.5) is 17.6 Å². The van der Waals surface area contributed by atoms with Crippen LogP contribution in [-0.4, -0.2) is 44.6 Å². The third-order valence-corrected chi connectivity index (χ3v) is 5.38. The summed E-state index contributed by atoms with van der Waals surface area (Å²) in [5, 5.41) is 0. The summed E-state index contributed by atoms with van der Waals surface area (Å²) in [4.78, 5) is 31.5. The van der Waals surface area contributed by atoms with Gasteiger partial charge >= 0.3 is 6.18 Å². The summed E-state index contributed by atoms with van der Waals surface area (Å²) >= 11 is 0. The lowest BCUT2D eigenvalue weighted by molar-refractivity contribution is -0.139. The second-order valence-electron chi connectivity index (χ2n) is 7.79. The average molecular weight is 464 g/mol. The molecule has 4 rings (SSSR count). The number of ether oxygens (including phenoxy) is 1. The summed E-state index contributed by atoms with van der Waals surface area (Å²) in [5.74, 6) is -1.97. The van der Waals surface area contributed by atoms with Crippen molar-refractivity contribution in [1.29, 1.82) is 0 Å². The van der Waals surface area contributed by atoms with E-state index in [1.165, 1.54) is 21.9 Å². The van der Waals surface area contributed by atoms with E-state index < -0.39 is 29.2 Å². The van der Waals surface area contributed by atoms with Crippen LogP contribution in [0, 0.1) is 12.7 Å². The highest BCUT2D eigenvalue weighted by molar-refractivity contribution is 5.93. The molecule has 0 aliphatic carbocycles. The van der Waals surface area contributed by atoms with Gasteiger partial charge in [-0.15, -0.1) is 0 Å². The van der Waals surface area contributed by atoms with Crippen LogP contribution in [0.3, 0.4) is 0 Å². The zero-order valence-electron chi connectivity index (χ0n) is 17.8. The van der Waals surface area contributed by atoms with Crippen molar-refractivity contribution in [3.05, 3.63) is 76.0 Å². The van der Waals surface area contributed by atoms with Crippen molar-refractivity contribution in [3.63, 3.8) is 0 Å². The minimum atomic E-state index is -4.78. The Balaban J connectivity index is 1.52. The number of carbonyl (C=O) groups excluding carboxylic acids is 1. The van der Waals surface area contributed by atoms with Gasteiger partial charge in [-0.2, -0.15) is 13.2 Å². The molecule has 1 aromatic carbocycles. The number of hydrogen-bond acceptors (Lipinski definition) is 4. The van der Waals surface area contributed by atoms with Gasteiger partial charge in [0, 0.05) is 12.7 Å². The van der Waals surface area contributed by atoms with Crippen LogP contribution in [0.2, 0.25) is 0 Å². The summed E-state index contributed by atoms with van der Waals surface area (Å²) in [7, 11) is 0. The molecule has 1 atom stereocenters. The predicted octanol–water partition coefficient (Wildman–Crippen LogP) is 3.60. The number of halogens is 4. The Labute approximate surface area is 185 Å².